The van der Waals surface area contributed by atoms with Crippen molar-refractivity contribution >= 4 is 15.7 Å². The monoisotopic (exact) mass is 391 g/mol. The molecule has 3 rings (SSSR count). The van der Waals surface area contributed by atoms with Crippen LogP contribution in [-0.4, -0.2) is 42.6 Å². The number of rotatable bonds is 8. The van der Waals surface area contributed by atoms with Crippen molar-refractivity contribution in [1.29, 1.82) is 0 Å². The fraction of sp³-hybridized carbons (Fsp3) is 0.526. The summed E-state index contributed by atoms with van der Waals surface area (Å²) >= 11 is 0. The summed E-state index contributed by atoms with van der Waals surface area (Å²) < 4.78 is 28.5. The minimum absolute atomic E-state index is 0.0845. The van der Waals surface area contributed by atoms with E-state index < -0.39 is 9.84 Å². The van der Waals surface area contributed by atoms with Crippen LogP contribution in [0.2, 0.25) is 0 Å². The zero-order valence-electron chi connectivity index (χ0n) is 15.4. The third kappa shape index (κ3) is 5.63. The molecule has 2 heterocycles. The first kappa shape index (κ1) is 19.5. The molecule has 0 radical (unpaired) electrons. The number of nitrogens with one attached hydrogen (secondary N) is 1. The van der Waals surface area contributed by atoms with Gasteiger partial charge in [-0.1, -0.05) is 30.3 Å². The lowest BCUT2D eigenvalue weighted by atomic mass is 9.95. The van der Waals surface area contributed by atoms with E-state index in [1.165, 1.54) is 0 Å². The number of carbonyl (C=O) groups excluding carboxylic acids is 1. The van der Waals surface area contributed by atoms with Gasteiger partial charge in [0.05, 0.1) is 17.4 Å². The van der Waals surface area contributed by atoms with Gasteiger partial charge in [0, 0.05) is 19.9 Å². The Morgan fingerprint density at radius 3 is 2.70 bits per heavy atom. The largest absolute Gasteiger partial charge is 0.425 e. The molecule has 7 nitrogen and oxygen atoms in total. The molecule has 1 saturated heterocycles. The molecule has 1 aromatic heterocycles. The van der Waals surface area contributed by atoms with E-state index in [0.29, 0.717) is 24.1 Å². The number of sulfone groups is 1. The molecule has 1 N–H and O–H groups in total. The van der Waals surface area contributed by atoms with Crippen LogP contribution < -0.4 is 5.32 Å². The molecule has 2 unspecified atom stereocenters. The van der Waals surface area contributed by atoms with Gasteiger partial charge in [0.2, 0.25) is 17.7 Å². The van der Waals surface area contributed by atoms with E-state index in [0.717, 1.165) is 24.8 Å². The van der Waals surface area contributed by atoms with Crippen molar-refractivity contribution in [1.82, 2.24) is 15.5 Å². The highest BCUT2D eigenvalue weighted by Gasteiger charge is 2.27. The second-order valence-corrected chi connectivity index (χ2v) is 9.32. The van der Waals surface area contributed by atoms with Crippen molar-refractivity contribution in [2.24, 2.45) is 5.92 Å². The normalized spacial score (nSPS) is 19.7. The van der Waals surface area contributed by atoms with Crippen LogP contribution in [0.3, 0.4) is 0 Å². The van der Waals surface area contributed by atoms with Gasteiger partial charge in [0.25, 0.3) is 0 Å². The Morgan fingerprint density at radius 2 is 2.07 bits per heavy atom. The van der Waals surface area contributed by atoms with Gasteiger partial charge in [0.1, 0.15) is 0 Å². The predicted octanol–water partition coefficient (Wildman–Crippen LogP) is 2.23. The van der Waals surface area contributed by atoms with E-state index in [1.54, 1.807) is 6.92 Å². The average molecular weight is 391 g/mol. The molecule has 0 spiro atoms. The second kappa shape index (κ2) is 8.65. The number of hydrogen-bond donors (Lipinski definition) is 1. The van der Waals surface area contributed by atoms with Crippen molar-refractivity contribution in [3.8, 4) is 0 Å². The predicted molar refractivity (Wildman–Crippen MR) is 101 cm³/mol. The lowest BCUT2D eigenvalue weighted by Crippen LogP contribution is -2.27. The molecule has 1 aliphatic rings. The number of hydrogen-bond acceptors (Lipinski definition) is 6. The molecule has 0 bridgehead atoms. The van der Waals surface area contributed by atoms with E-state index >= 15 is 0 Å². The Labute approximate surface area is 159 Å². The summed E-state index contributed by atoms with van der Waals surface area (Å²) in [5, 5.41) is 10.9. The molecule has 1 aliphatic heterocycles. The van der Waals surface area contributed by atoms with Gasteiger partial charge >= 0.3 is 0 Å². The first-order valence-corrected chi connectivity index (χ1v) is 11.1. The molecule has 1 aromatic carbocycles. The van der Waals surface area contributed by atoms with Gasteiger partial charge in [-0.3, -0.25) is 4.79 Å². The highest BCUT2D eigenvalue weighted by molar-refractivity contribution is 7.91. The van der Waals surface area contributed by atoms with E-state index in [-0.39, 0.29) is 29.9 Å². The zero-order chi connectivity index (χ0) is 19.3. The minimum Gasteiger partial charge on any atom is -0.425 e. The summed E-state index contributed by atoms with van der Waals surface area (Å²) in [5.74, 6) is 1.35. The minimum atomic E-state index is -2.83. The van der Waals surface area contributed by atoms with Crippen LogP contribution in [0.1, 0.15) is 48.9 Å². The molecular weight excluding hydrogens is 366 g/mol. The zero-order valence-corrected chi connectivity index (χ0v) is 16.2. The fourth-order valence-electron chi connectivity index (χ4n) is 3.46. The highest BCUT2D eigenvalue weighted by Crippen LogP contribution is 2.27. The van der Waals surface area contributed by atoms with Gasteiger partial charge in [-0.25, -0.2) is 8.42 Å². The molecule has 0 aliphatic carbocycles. The van der Waals surface area contributed by atoms with Crippen LogP contribution in [0.25, 0.3) is 0 Å². The Kier molecular flexibility index (Phi) is 6.26. The van der Waals surface area contributed by atoms with Crippen molar-refractivity contribution in [3.05, 3.63) is 47.7 Å². The Morgan fingerprint density at radius 1 is 1.30 bits per heavy atom. The van der Waals surface area contributed by atoms with Crippen molar-refractivity contribution in [2.75, 3.05) is 18.1 Å². The summed E-state index contributed by atoms with van der Waals surface area (Å²) in [6.45, 7) is 2.27. The summed E-state index contributed by atoms with van der Waals surface area (Å²) in [6, 6.07) is 9.64. The van der Waals surface area contributed by atoms with Gasteiger partial charge in [-0.05, 0) is 30.7 Å². The molecule has 2 aromatic rings. The molecule has 1 amide bonds. The van der Waals surface area contributed by atoms with Crippen LogP contribution in [-0.2, 0) is 14.6 Å². The van der Waals surface area contributed by atoms with Crippen LogP contribution >= 0.6 is 0 Å². The third-order valence-corrected chi connectivity index (χ3v) is 6.71. The van der Waals surface area contributed by atoms with Crippen LogP contribution in [0.15, 0.2) is 34.7 Å². The average Bonchev–Trinajstić information content (AvgIpc) is 3.22. The van der Waals surface area contributed by atoms with Gasteiger partial charge in [-0.2, -0.15) is 0 Å². The summed E-state index contributed by atoms with van der Waals surface area (Å²) in [6.07, 6.45) is 2.57. The van der Waals surface area contributed by atoms with Crippen molar-refractivity contribution in [2.45, 2.75) is 38.5 Å². The second-order valence-electron chi connectivity index (χ2n) is 7.09. The van der Waals surface area contributed by atoms with Crippen LogP contribution in [0.4, 0.5) is 0 Å². The number of carbonyl (C=O) groups is 1. The summed E-state index contributed by atoms with van der Waals surface area (Å²) in [5.41, 5.74) is 0.951. The summed E-state index contributed by atoms with van der Waals surface area (Å²) in [4.78, 5) is 12.4. The van der Waals surface area contributed by atoms with Crippen molar-refractivity contribution in [3.63, 3.8) is 0 Å². The lowest BCUT2D eigenvalue weighted by Gasteiger charge is -2.14. The fourth-order valence-corrected chi connectivity index (χ4v) is 5.37. The standard InChI is InChI=1S/C19H25N3O4S/c1-14-21-22-19(26-14)17(16-7-3-2-4-8-16)12-18(23)20-10-5-6-15-9-11-27(24,25)13-15/h2-4,7-8,15,17H,5-6,9-13H2,1H3,(H,20,23). The topological polar surface area (TPSA) is 102 Å². The van der Waals surface area contributed by atoms with E-state index in [4.69, 9.17) is 4.42 Å². The van der Waals surface area contributed by atoms with E-state index in [9.17, 15) is 13.2 Å². The third-order valence-electron chi connectivity index (χ3n) is 4.87. The Balaban J connectivity index is 1.51. The smallest absolute Gasteiger partial charge is 0.224 e. The van der Waals surface area contributed by atoms with Crippen molar-refractivity contribution < 1.29 is 17.6 Å². The van der Waals surface area contributed by atoms with Gasteiger partial charge in [-0.15, -0.1) is 10.2 Å². The van der Waals surface area contributed by atoms with E-state index in [2.05, 4.69) is 15.5 Å². The lowest BCUT2D eigenvalue weighted by molar-refractivity contribution is -0.121. The van der Waals surface area contributed by atoms with Gasteiger partial charge < -0.3 is 9.73 Å². The molecule has 1 fully saturated rings. The SMILES string of the molecule is Cc1nnc(C(CC(=O)NCCCC2CCS(=O)(=O)C2)c2ccccc2)o1. The maximum Gasteiger partial charge on any atom is 0.224 e. The molecule has 27 heavy (non-hydrogen) atoms. The van der Waals surface area contributed by atoms with E-state index in [1.807, 2.05) is 30.3 Å². The maximum absolute atomic E-state index is 12.4. The van der Waals surface area contributed by atoms with Gasteiger partial charge in [0.15, 0.2) is 9.84 Å². The Bertz CT molecular complexity index is 864. The number of nitrogens with zero attached hydrogens (tertiary/aromatic N) is 2. The first-order valence-electron chi connectivity index (χ1n) is 9.25. The molecular formula is C19H25N3O4S. The summed E-state index contributed by atoms with van der Waals surface area (Å²) in [7, 11) is -2.83. The van der Waals surface area contributed by atoms with Crippen LogP contribution in [0.5, 0.6) is 0 Å². The molecule has 146 valence electrons. The molecule has 0 saturated carbocycles. The Hall–Kier alpha value is -2.22. The quantitative estimate of drug-likeness (QED) is 0.692. The first-order chi connectivity index (χ1) is 12.9. The number of amides is 1. The maximum atomic E-state index is 12.4. The number of aromatic nitrogens is 2. The number of benzene rings is 1. The number of aryl methyl sites for hydroxylation is 1. The molecule has 2 atom stereocenters. The van der Waals surface area contributed by atoms with Crippen LogP contribution in [0, 0.1) is 12.8 Å². The molecule has 8 heteroatoms. The highest BCUT2D eigenvalue weighted by atomic mass is 32.2.